The van der Waals surface area contributed by atoms with Gasteiger partial charge in [-0.05, 0) is 24.0 Å². The Morgan fingerprint density at radius 2 is 2.00 bits per heavy atom. The summed E-state index contributed by atoms with van der Waals surface area (Å²) in [4.78, 5) is 0. The summed E-state index contributed by atoms with van der Waals surface area (Å²) in [5.74, 6) is 0.243. The molecule has 0 unspecified atom stereocenters. The van der Waals surface area contributed by atoms with E-state index in [1.165, 1.54) is 12.1 Å². The molecule has 0 aliphatic carbocycles. The van der Waals surface area contributed by atoms with E-state index in [9.17, 15) is 8.42 Å². The minimum atomic E-state index is -3.64. The second-order valence-corrected chi connectivity index (χ2v) is 7.52. The molecule has 0 saturated heterocycles. The maximum atomic E-state index is 12.1. The number of aliphatic hydroxyl groups excluding tert-OH is 1. The van der Waals surface area contributed by atoms with Crippen molar-refractivity contribution >= 4 is 10.0 Å². The van der Waals surface area contributed by atoms with Gasteiger partial charge in [0.1, 0.15) is 12.4 Å². The molecule has 0 fully saturated rings. The average Bonchev–Trinajstić information content (AvgIpc) is 2.86. The number of nitrogens with one attached hydrogen (secondary N) is 1. The van der Waals surface area contributed by atoms with Crippen LogP contribution in [0.25, 0.3) is 0 Å². The molecule has 1 heterocycles. The molecule has 6 heteroatoms. The number of furan rings is 1. The highest BCUT2D eigenvalue weighted by molar-refractivity contribution is 7.89. The minimum absolute atomic E-state index is 0.0886. The normalized spacial score (nSPS) is 12.8. The standard InChI is InChI=1S/C14H25NO4S/c1-4-5-6-9-14(2,3)11-15-20(17,18)13-8-7-12(10-16)19-13/h7-8,15-16H,4-6,9-11H2,1-3H3. The lowest BCUT2D eigenvalue weighted by Gasteiger charge is -2.24. The summed E-state index contributed by atoms with van der Waals surface area (Å²) in [6.45, 7) is 6.30. The number of hydrogen-bond donors (Lipinski definition) is 2. The Kier molecular flexibility index (Phi) is 6.23. The summed E-state index contributed by atoms with van der Waals surface area (Å²) in [6, 6.07) is 2.82. The zero-order chi connectivity index (χ0) is 15.2. The summed E-state index contributed by atoms with van der Waals surface area (Å²) < 4.78 is 31.7. The molecule has 5 nitrogen and oxygen atoms in total. The summed E-state index contributed by atoms with van der Waals surface area (Å²) in [5, 5.41) is 8.74. The third-order valence-electron chi connectivity index (χ3n) is 3.26. The van der Waals surface area contributed by atoms with Crippen LogP contribution in [0.1, 0.15) is 52.2 Å². The maximum absolute atomic E-state index is 12.1. The van der Waals surface area contributed by atoms with Gasteiger partial charge in [0.25, 0.3) is 10.0 Å². The van der Waals surface area contributed by atoms with Gasteiger partial charge in [0, 0.05) is 6.54 Å². The first-order valence-corrected chi connectivity index (χ1v) is 8.48. The molecule has 1 aromatic rings. The van der Waals surface area contributed by atoms with Gasteiger partial charge in [-0.25, -0.2) is 13.1 Å². The van der Waals surface area contributed by atoms with Crippen LogP contribution in [0.15, 0.2) is 21.6 Å². The number of sulfonamides is 1. The Morgan fingerprint density at radius 3 is 2.55 bits per heavy atom. The maximum Gasteiger partial charge on any atom is 0.273 e. The zero-order valence-electron chi connectivity index (χ0n) is 12.5. The summed E-state index contributed by atoms with van der Waals surface area (Å²) in [6.07, 6.45) is 4.39. The zero-order valence-corrected chi connectivity index (χ0v) is 13.3. The third-order valence-corrected chi connectivity index (χ3v) is 4.53. The molecule has 1 aromatic heterocycles. The molecule has 20 heavy (non-hydrogen) atoms. The molecule has 0 bridgehead atoms. The van der Waals surface area contributed by atoms with Crippen LogP contribution in [0, 0.1) is 5.41 Å². The fraction of sp³-hybridized carbons (Fsp3) is 0.714. The van der Waals surface area contributed by atoms with Gasteiger partial charge in [-0.2, -0.15) is 0 Å². The van der Waals surface area contributed by atoms with Gasteiger partial charge in [0.15, 0.2) is 0 Å². The van der Waals surface area contributed by atoms with Crippen LogP contribution >= 0.6 is 0 Å². The van der Waals surface area contributed by atoms with Gasteiger partial charge < -0.3 is 9.52 Å². The molecule has 0 spiro atoms. The van der Waals surface area contributed by atoms with E-state index < -0.39 is 10.0 Å². The molecule has 0 atom stereocenters. The van der Waals surface area contributed by atoms with Crippen molar-refractivity contribution in [1.82, 2.24) is 4.72 Å². The first-order chi connectivity index (χ1) is 9.30. The molecule has 0 saturated carbocycles. The number of unbranched alkanes of at least 4 members (excludes halogenated alkanes) is 2. The van der Waals surface area contributed by atoms with Crippen molar-refractivity contribution in [3.8, 4) is 0 Å². The molecule has 0 radical (unpaired) electrons. The number of hydrogen-bond acceptors (Lipinski definition) is 4. The highest BCUT2D eigenvalue weighted by Crippen LogP contribution is 2.24. The van der Waals surface area contributed by atoms with Crippen LogP contribution in [0.4, 0.5) is 0 Å². The molecule has 0 aliphatic heterocycles. The molecule has 116 valence electrons. The highest BCUT2D eigenvalue weighted by atomic mass is 32.2. The monoisotopic (exact) mass is 303 g/mol. The summed E-state index contributed by atoms with van der Waals surface area (Å²) in [7, 11) is -3.64. The average molecular weight is 303 g/mol. The SMILES string of the molecule is CCCCCC(C)(C)CNS(=O)(=O)c1ccc(CO)o1. The van der Waals surface area contributed by atoms with Crippen molar-refractivity contribution < 1.29 is 17.9 Å². The van der Waals surface area contributed by atoms with Gasteiger partial charge in [-0.15, -0.1) is 0 Å². The van der Waals surface area contributed by atoms with E-state index in [1.807, 2.05) is 13.8 Å². The van der Waals surface area contributed by atoms with Crippen LogP contribution in [0.3, 0.4) is 0 Å². The molecule has 0 aromatic carbocycles. The third kappa shape index (κ3) is 5.26. The fourth-order valence-corrected chi connectivity index (χ4v) is 3.08. The fourth-order valence-electron chi connectivity index (χ4n) is 1.89. The minimum Gasteiger partial charge on any atom is -0.446 e. The first-order valence-electron chi connectivity index (χ1n) is 7.00. The lowest BCUT2D eigenvalue weighted by atomic mass is 9.87. The van der Waals surface area contributed by atoms with Crippen molar-refractivity contribution in [2.24, 2.45) is 5.41 Å². The molecular formula is C14H25NO4S. The molecule has 0 amide bonds. The topological polar surface area (TPSA) is 79.5 Å². The molecule has 0 aliphatic rings. The lowest BCUT2D eigenvalue weighted by Crippen LogP contribution is -2.33. The Bertz CT molecular complexity index is 505. The van der Waals surface area contributed by atoms with Gasteiger partial charge in [-0.3, -0.25) is 0 Å². The van der Waals surface area contributed by atoms with Crippen LogP contribution in [-0.4, -0.2) is 20.1 Å². The summed E-state index contributed by atoms with van der Waals surface area (Å²) >= 11 is 0. The van der Waals surface area contributed by atoms with E-state index in [0.29, 0.717) is 6.54 Å². The van der Waals surface area contributed by atoms with E-state index in [-0.39, 0.29) is 22.9 Å². The van der Waals surface area contributed by atoms with E-state index in [0.717, 1.165) is 25.7 Å². The number of rotatable bonds is 9. The van der Waals surface area contributed by atoms with Crippen molar-refractivity contribution in [3.63, 3.8) is 0 Å². The Morgan fingerprint density at radius 1 is 1.30 bits per heavy atom. The predicted octanol–water partition coefficient (Wildman–Crippen LogP) is 2.66. The van der Waals surface area contributed by atoms with Crippen LogP contribution in [0.2, 0.25) is 0 Å². The van der Waals surface area contributed by atoms with Crippen molar-refractivity contribution in [3.05, 3.63) is 17.9 Å². The summed E-state index contributed by atoms with van der Waals surface area (Å²) in [5.41, 5.74) is -0.0886. The molecule has 1 rings (SSSR count). The quantitative estimate of drug-likeness (QED) is 0.687. The lowest BCUT2D eigenvalue weighted by molar-refractivity contribution is 0.236. The van der Waals surface area contributed by atoms with Crippen LogP contribution < -0.4 is 4.72 Å². The predicted molar refractivity (Wildman–Crippen MR) is 77.7 cm³/mol. The first kappa shape index (κ1) is 17.2. The van der Waals surface area contributed by atoms with Crippen LogP contribution in [0.5, 0.6) is 0 Å². The van der Waals surface area contributed by atoms with Crippen molar-refractivity contribution in [1.29, 1.82) is 0 Å². The smallest absolute Gasteiger partial charge is 0.273 e. The van der Waals surface area contributed by atoms with Crippen molar-refractivity contribution in [2.75, 3.05) is 6.54 Å². The van der Waals surface area contributed by atoms with Gasteiger partial charge >= 0.3 is 0 Å². The molecule has 2 N–H and O–H groups in total. The number of aliphatic hydroxyl groups is 1. The Balaban J connectivity index is 2.58. The Hall–Kier alpha value is -0.850. The second-order valence-electron chi connectivity index (χ2n) is 5.82. The van der Waals surface area contributed by atoms with Gasteiger partial charge in [0.2, 0.25) is 5.09 Å². The molecular weight excluding hydrogens is 278 g/mol. The Labute approximate surface area is 121 Å². The van der Waals surface area contributed by atoms with Gasteiger partial charge in [-0.1, -0.05) is 40.0 Å². The second kappa shape index (κ2) is 7.24. The van der Waals surface area contributed by atoms with E-state index in [4.69, 9.17) is 9.52 Å². The van der Waals surface area contributed by atoms with Gasteiger partial charge in [0.05, 0.1) is 0 Å². The van der Waals surface area contributed by atoms with Crippen molar-refractivity contribution in [2.45, 2.75) is 58.2 Å². The van der Waals surface area contributed by atoms with Crippen LogP contribution in [-0.2, 0) is 16.6 Å². The van der Waals surface area contributed by atoms with E-state index in [2.05, 4.69) is 11.6 Å². The van der Waals surface area contributed by atoms with E-state index >= 15 is 0 Å². The largest absolute Gasteiger partial charge is 0.446 e. The van der Waals surface area contributed by atoms with E-state index in [1.54, 1.807) is 0 Å². The highest BCUT2D eigenvalue weighted by Gasteiger charge is 2.24.